The topological polar surface area (TPSA) is 108 Å². The van der Waals surface area contributed by atoms with Crippen LogP contribution in [0.2, 0.25) is 0 Å². The molecule has 3 N–H and O–H groups in total. The first-order chi connectivity index (χ1) is 6.08. The van der Waals surface area contributed by atoms with Crippen molar-refractivity contribution in [1.29, 1.82) is 0 Å². The Morgan fingerprint density at radius 3 is 2.00 bits per heavy atom. The van der Waals surface area contributed by atoms with E-state index < -0.39 is 24.0 Å². The van der Waals surface area contributed by atoms with Crippen molar-refractivity contribution in [2.75, 3.05) is 14.1 Å². The first-order valence-electron chi connectivity index (χ1n) is 3.52. The van der Waals surface area contributed by atoms with Gasteiger partial charge in [0.2, 0.25) is 6.04 Å². The van der Waals surface area contributed by atoms with Crippen molar-refractivity contribution < 1.29 is 14.7 Å². The van der Waals surface area contributed by atoms with Gasteiger partial charge in [-0.25, -0.2) is 0 Å². The van der Waals surface area contributed by atoms with E-state index in [1.807, 2.05) is 0 Å². The summed E-state index contributed by atoms with van der Waals surface area (Å²) in [5.41, 5.74) is 0. The van der Waals surface area contributed by atoms with E-state index in [4.69, 9.17) is 5.11 Å². The molecule has 7 nitrogen and oxygen atoms in total. The summed E-state index contributed by atoms with van der Waals surface area (Å²) in [6, 6.07) is -1.61. The van der Waals surface area contributed by atoms with Gasteiger partial charge in [-0.2, -0.15) is 0 Å². The van der Waals surface area contributed by atoms with E-state index in [-0.39, 0.29) is 0 Å². The van der Waals surface area contributed by atoms with Crippen molar-refractivity contribution in [3.63, 3.8) is 0 Å². The Labute approximate surface area is 74.5 Å². The summed E-state index contributed by atoms with van der Waals surface area (Å²) in [6.45, 7) is 0. The Bertz CT molecular complexity index is 218. The maximum Gasteiger partial charge on any atom is 0.251 e. The summed E-state index contributed by atoms with van der Waals surface area (Å²) in [5, 5.41) is 15.7. The first-order valence-corrected chi connectivity index (χ1v) is 3.52. The average molecular weight is 189 g/mol. The third kappa shape index (κ3) is 2.79. The summed E-state index contributed by atoms with van der Waals surface area (Å²) in [7, 11) is 2.55. The zero-order valence-corrected chi connectivity index (χ0v) is 7.27. The number of hydrogen-bond acceptors (Lipinski definition) is 5. The van der Waals surface area contributed by atoms with Crippen LogP contribution >= 0.6 is 0 Å². The number of rotatable bonds is 4. The van der Waals surface area contributed by atoms with Gasteiger partial charge in [0.1, 0.15) is 0 Å². The molecule has 0 bridgehead atoms. The number of nitrogens with zero attached hydrogens (tertiary/aromatic N) is 1. The van der Waals surface area contributed by atoms with Crippen molar-refractivity contribution >= 4 is 11.8 Å². The smallest absolute Gasteiger partial charge is 0.251 e. The molecule has 0 aliphatic heterocycles. The van der Waals surface area contributed by atoms with Gasteiger partial charge in [-0.15, -0.1) is 4.91 Å². The van der Waals surface area contributed by atoms with Crippen molar-refractivity contribution in [1.82, 2.24) is 10.6 Å². The lowest BCUT2D eigenvalue weighted by Crippen LogP contribution is -2.46. The van der Waals surface area contributed by atoms with Crippen LogP contribution in [0.5, 0.6) is 0 Å². The first kappa shape index (κ1) is 11.5. The highest BCUT2D eigenvalue weighted by molar-refractivity contribution is 5.91. The van der Waals surface area contributed by atoms with E-state index in [1.165, 1.54) is 14.1 Å². The van der Waals surface area contributed by atoms with E-state index >= 15 is 0 Å². The zero-order chi connectivity index (χ0) is 10.4. The fourth-order valence-electron chi connectivity index (χ4n) is 0.688. The number of likely N-dealkylation sites (N-methyl/N-ethyl adjacent to an activating group) is 2. The highest BCUT2D eigenvalue weighted by atomic mass is 16.3. The Morgan fingerprint density at radius 2 is 1.69 bits per heavy atom. The molecule has 0 aromatic heterocycles. The molecule has 0 aromatic carbocycles. The van der Waals surface area contributed by atoms with Crippen LogP contribution in [0.4, 0.5) is 0 Å². The molecule has 1 unspecified atom stereocenters. The van der Waals surface area contributed by atoms with Crippen LogP contribution in [0.3, 0.4) is 0 Å². The summed E-state index contributed by atoms with van der Waals surface area (Å²) in [5.74, 6) is -1.63. The molecule has 2 amide bonds. The lowest BCUT2D eigenvalue weighted by molar-refractivity contribution is -0.135. The molecule has 0 aliphatic carbocycles. The predicted octanol–water partition coefficient (Wildman–Crippen LogP) is -2.03. The van der Waals surface area contributed by atoms with E-state index in [0.717, 1.165) is 0 Å². The van der Waals surface area contributed by atoms with Crippen molar-refractivity contribution in [3.8, 4) is 0 Å². The molecule has 7 heteroatoms. The molecule has 0 saturated heterocycles. The summed E-state index contributed by atoms with van der Waals surface area (Å²) >= 11 is 0. The molecule has 0 fully saturated rings. The third-order valence-corrected chi connectivity index (χ3v) is 1.44. The molecular formula is C6H11N3O4. The van der Waals surface area contributed by atoms with Crippen LogP contribution in [-0.4, -0.2) is 43.2 Å². The van der Waals surface area contributed by atoms with Crippen LogP contribution in [0.1, 0.15) is 0 Å². The second-order valence-corrected chi connectivity index (χ2v) is 2.22. The van der Waals surface area contributed by atoms with Crippen molar-refractivity contribution in [3.05, 3.63) is 4.91 Å². The van der Waals surface area contributed by atoms with Crippen LogP contribution in [0.25, 0.3) is 0 Å². The lowest BCUT2D eigenvalue weighted by atomic mass is 10.1. The van der Waals surface area contributed by atoms with Gasteiger partial charge < -0.3 is 15.7 Å². The Hall–Kier alpha value is -1.50. The maximum absolute atomic E-state index is 10.9. The van der Waals surface area contributed by atoms with Gasteiger partial charge in [-0.1, -0.05) is 5.18 Å². The fraction of sp³-hybridized carbons (Fsp3) is 0.667. The number of nitrogens with one attached hydrogen (secondary N) is 2. The van der Waals surface area contributed by atoms with E-state index in [1.54, 1.807) is 0 Å². The van der Waals surface area contributed by atoms with Gasteiger partial charge in [-0.05, 0) is 0 Å². The molecule has 0 rings (SSSR count). The van der Waals surface area contributed by atoms with E-state index in [9.17, 15) is 14.5 Å². The highest BCUT2D eigenvalue weighted by Gasteiger charge is 2.32. The second-order valence-electron chi connectivity index (χ2n) is 2.22. The number of nitroso groups, excluding NO2 is 1. The SMILES string of the molecule is CNC(=O)C(N=O)[C@@H](O)C(=O)NC. The third-order valence-electron chi connectivity index (χ3n) is 1.44. The molecule has 0 radical (unpaired) electrons. The molecule has 0 aliphatic rings. The minimum atomic E-state index is -1.75. The zero-order valence-electron chi connectivity index (χ0n) is 7.27. The van der Waals surface area contributed by atoms with Crippen molar-refractivity contribution in [2.24, 2.45) is 5.18 Å². The summed E-state index contributed by atoms with van der Waals surface area (Å²) in [4.78, 5) is 31.8. The van der Waals surface area contributed by atoms with Crippen LogP contribution in [-0.2, 0) is 9.59 Å². The Balaban J connectivity index is 4.48. The normalized spacial score (nSPS) is 14.1. The number of aliphatic hydroxyl groups excluding tert-OH is 1. The lowest BCUT2D eigenvalue weighted by Gasteiger charge is -2.12. The number of amides is 2. The quantitative estimate of drug-likeness (QED) is 0.443. The molecule has 0 saturated carbocycles. The molecule has 13 heavy (non-hydrogen) atoms. The predicted molar refractivity (Wildman–Crippen MR) is 43.7 cm³/mol. The molecule has 2 atom stereocenters. The largest absolute Gasteiger partial charge is 0.380 e. The minimum absolute atomic E-state index is 0.800. The summed E-state index contributed by atoms with van der Waals surface area (Å²) < 4.78 is 0. The molecule has 0 aromatic rings. The monoisotopic (exact) mass is 189 g/mol. The minimum Gasteiger partial charge on any atom is -0.380 e. The Morgan fingerprint density at radius 1 is 1.23 bits per heavy atom. The molecule has 0 spiro atoms. The van der Waals surface area contributed by atoms with Gasteiger partial charge in [0, 0.05) is 14.1 Å². The summed E-state index contributed by atoms with van der Waals surface area (Å²) in [6.07, 6.45) is -1.75. The fourth-order valence-corrected chi connectivity index (χ4v) is 0.688. The van der Waals surface area contributed by atoms with Gasteiger partial charge in [0.05, 0.1) is 0 Å². The van der Waals surface area contributed by atoms with Gasteiger partial charge in [-0.3, -0.25) is 9.59 Å². The molecular weight excluding hydrogens is 178 g/mol. The van der Waals surface area contributed by atoms with Gasteiger partial charge >= 0.3 is 0 Å². The van der Waals surface area contributed by atoms with Crippen LogP contribution < -0.4 is 10.6 Å². The average Bonchev–Trinajstić information content (AvgIpc) is 2.17. The van der Waals surface area contributed by atoms with Crippen molar-refractivity contribution in [2.45, 2.75) is 12.1 Å². The van der Waals surface area contributed by atoms with Crippen LogP contribution in [0.15, 0.2) is 5.18 Å². The number of carbonyl (C=O) groups excluding carboxylic acids is 2. The number of hydrogen-bond donors (Lipinski definition) is 3. The number of aliphatic hydroxyl groups is 1. The second kappa shape index (κ2) is 5.20. The molecule has 0 heterocycles. The maximum atomic E-state index is 10.9. The molecule has 74 valence electrons. The van der Waals surface area contributed by atoms with Crippen LogP contribution in [0, 0.1) is 4.91 Å². The van der Waals surface area contributed by atoms with Gasteiger partial charge in [0.15, 0.2) is 6.10 Å². The van der Waals surface area contributed by atoms with Gasteiger partial charge in [0.25, 0.3) is 11.8 Å². The highest BCUT2D eigenvalue weighted by Crippen LogP contribution is 1.99. The van der Waals surface area contributed by atoms with E-state index in [0.29, 0.717) is 0 Å². The van der Waals surface area contributed by atoms with E-state index in [2.05, 4.69) is 15.8 Å². The number of carbonyl (C=O) groups is 2. The Kier molecular flexibility index (Phi) is 4.60. The standard InChI is InChI=1S/C6H11N3O4/c1-7-5(11)3(9-13)4(10)6(12)8-2/h3-4,10H,1-2H3,(H,7,11)(H,8,12)/t3?,4-/m1/s1.